The van der Waals surface area contributed by atoms with Crippen LogP contribution in [0.1, 0.15) is 23.3 Å². The highest BCUT2D eigenvalue weighted by molar-refractivity contribution is 5.92. The summed E-state index contributed by atoms with van der Waals surface area (Å²) in [6.07, 6.45) is 2.87. The minimum Gasteiger partial charge on any atom is -0.370 e. The molecule has 0 fully saturated rings. The standard InChI is InChI=1S/C10H15N5O2/c11-8(16)2-4-12-9(17)7-6-15-5-1-3-13-10(15)14-7/h6H,1-5H2,(H2,11,16)(H,12,17)(H,13,14). The number of carbonyl (C=O) groups is 2. The third-order valence-corrected chi connectivity index (χ3v) is 2.53. The molecular formula is C10H15N5O2. The molecule has 1 aliphatic rings. The van der Waals surface area contributed by atoms with Crippen LogP contribution in [-0.4, -0.2) is 34.5 Å². The number of amides is 2. The minimum absolute atomic E-state index is 0.136. The van der Waals surface area contributed by atoms with Crippen LogP contribution in [0.4, 0.5) is 5.95 Å². The van der Waals surface area contributed by atoms with E-state index >= 15 is 0 Å². The third kappa shape index (κ3) is 2.74. The van der Waals surface area contributed by atoms with Gasteiger partial charge in [-0.1, -0.05) is 0 Å². The summed E-state index contributed by atoms with van der Waals surface area (Å²) < 4.78 is 1.91. The number of carbonyl (C=O) groups excluding carboxylic acids is 2. The van der Waals surface area contributed by atoms with Crippen molar-refractivity contribution in [1.82, 2.24) is 14.9 Å². The Morgan fingerprint density at radius 2 is 2.41 bits per heavy atom. The Kier molecular flexibility index (Phi) is 3.27. The zero-order chi connectivity index (χ0) is 12.3. The van der Waals surface area contributed by atoms with E-state index in [1.807, 2.05) is 4.57 Å². The van der Waals surface area contributed by atoms with Crippen LogP contribution < -0.4 is 16.4 Å². The summed E-state index contributed by atoms with van der Waals surface area (Å²) in [6, 6.07) is 0. The van der Waals surface area contributed by atoms with Gasteiger partial charge in [0.15, 0.2) is 0 Å². The van der Waals surface area contributed by atoms with E-state index in [1.54, 1.807) is 6.20 Å². The Morgan fingerprint density at radius 1 is 1.59 bits per heavy atom. The summed E-state index contributed by atoms with van der Waals surface area (Å²) in [6.45, 7) is 1.98. The van der Waals surface area contributed by atoms with E-state index in [0.717, 1.165) is 25.5 Å². The maximum absolute atomic E-state index is 11.7. The molecule has 0 saturated carbocycles. The number of rotatable bonds is 4. The predicted molar refractivity (Wildman–Crippen MR) is 61.5 cm³/mol. The number of fused-ring (bicyclic) bond motifs is 1. The third-order valence-electron chi connectivity index (χ3n) is 2.53. The van der Waals surface area contributed by atoms with Gasteiger partial charge >= 0.3 is 0 Å². The number of aromatic nitrogens is 2. The fourth-order valence-electron chi connectivity index (χ4n) is 1.68. The average Bonchev–Trinajstić information content (AvgIpc) is 2.71. The molecule has 1 aromatic rings. The molecule has 92 valence electrons. The van der Waals surface area contributed by atoms with Crippen molar-refractivity contribution < 1.29 is 9.59 Å². The summed E-state index contributed by atoms with van der Waals surface area (Å²) in [4.78, 5) is 26.4. The first kappa shape index (κ1) is 11.4. The molecule has 0 radical (unpaired) electrons. The number of imidazole rings is 1. The van der Waals surface area contributed by atoms with Crippen molar-refractivity contribution in [3.05, 3.63) is 11.9 Å². The molecule has 2 heterocycles. The van der Waals surface area contributed by atoms with Crippen molar-refractivity contribution in [3.63, 3.8) is 0 Å². The van der Waals surface area contributed by atoms with Gasteiger partial charge in [0.25, 0.3) is 5.91 Å². The van der Waals surface area contributed by atoms with E-state index in [4.69, 9.17) is 5.73 Å². The number of nitrogens with two attached hydrogens (primary N) is 1. The molecule has 0 atom stereocenters. The predicted octanol–water partition coefficient (Wildman–Crippen LogP) is -0.696. The number of hydrogen-bond acceptors (Lipinski definition) is 4. The number of nitrogens with one attached hydrogen (secondary N) is 2. The SMILES string of the molecule is NC(=O)CCNC(=O)c1cn2c(n1)NCCC2. The Bertz CT molecular complexity index is 416. The molecule has 0 bridgehead atoms. The number of nitrogens with zero attached hydrogens (tertiary/aromatic N) is 2. The lowest BCUT2D eigenvalue weighted by atomic mass is 10.3. The van der Waals surface area contributed by atoms with Gasteiger partial charge in [-0.25, -0.2) is 4.98 Å². The summed E-state index contributed by atoms with van der Waals surface area (Å²) in [7, 11) is 0. The molecule has 7 nitrogen and oxygen atoms in total. The van der Waals surface area contributed by atoms with Crippen LogP contribution in [0, 0.1) is 0 Å². The smallest absolute Gasteiger partial charge is 0.271 e. The lowest BCUT2D eigenvalue weighted by Crippen LogP contribution is -2.28. The molecule has 4 N–H and O–H groups in total. The first-order valence-corrected chi connectivity index (χ1v) is 5.54. The van der Waals surface area contributed by atoms with E-state index in [0.29, 0.717) is 5.69 Å². The summed E-state index contributed by atoms with van der Waals surface area (Å²) >= 11 is 0. The van der Waals surface area contributed by atoms with Crippen LogP contribution in [-0.2, 0) is 11.3 Å². The molecule has 0 spiro atoms. The Hall–Kier alpha value is -2.05. The number of hydrogen-bond donors (Lipinski definition) is 3. The highest BCUT2D eigenvalue weighted by Gasteiger charge is 2.15. The van der Waals surface area contributed by atoms with E-state index in [-0.39, 0.29) is 18.9 Å². The van der Waals surface area contributed by atoms with Gasteiger partial charge in [-0.3, -0.25) is 9.59 Å². The summed E-state index contributed by atoms with van der Waals surface area (Å²) in [5, 5.41) is 5.71. The first-order chi connectivity index (χ1) is 8.16. The second kappa shape index (κ2) is 4.86. The van der Waals surface area contributed by atoms with Crippen LogP contribution in [0.15, 0.2) is 6.20 Å². The van der Waals surface area contributed by atoms with Crippen LogP contribution in [0.25, 0.3) is 0 Å². The van der Waals surface area contributed by atoms with Gasteiger partial charge in [-0.05, 0) is 6.42 Å². The van der Waals surface area contributed by atoms with Crippen LogP contribution in [0.5, 0.6) is 0 Å². The molecule has 0 unspecified atom stereocenters. The second-order valence-corrected chi connectivity index (χ2v) is 3.90. The molecule has 1 aromatic heterocycles. The van der Waals surface area contributed by atoms with Gasteiger partial charge in [0.2, 0.25) is 11.9 Å². The van der Waals surface area contributed by atoms with E-state index in [9.17, 15) is 9.59 Å². The molecule has 0 saturated heterocycles. The van der Waals surface area contributed by atoms with Crippen molar-refractivity contribution in [3.8, 4) is 0 Å². The Labute approximate surface area is 98.4 Å². The van der Waals surface area contributed by atoms with Crippen molar-refractivity contribution >= 4 is 17.8 Å². The van der Waals surface area contributed by atoms with Gasteiger partial charge < -0.3 is 20.9 Å². The lowest BCUT2D eigenvalue weighted by molar-refractivity contribution is -0.117. The van der Waals surface area contributed by atoms with Crippen LogP contribution in [0.2, 0.25) is 0 Å². The number of primary amides is 1. The maximum Gasteiger partial charge on any atom is 0.271 e. The molecule has 0 aliphatic carbocycles. The molecular weight excluding hydrogens is 222 g/mol. The largest absolute Gasteiger partial charge is 0.370 e. The molecule has 2 rings (SSSR count). The van der Waals surface area contributed by atoms with Gasteiger partial charge in [-0.2, -0.15) is 0 Å². The highest BCUT2D eigenvalue weighted by Crippen LogP contribution is 2.13. The lowest BCUT2D eigenvalue weighted by Gasteiger charge is -2.14. The maximum atomic E-state index is 11.7. The van der Waals surface area contributed by atoms with Gasteiger partial charge in [0, 0.05) is 32.3 Å². The summed E-state index contributed by atoms with van der Waals surface area (Å²) in [5.41, 5.74) is 5.34. The quantitative estimate of drug-likeness (QED) is 0.644. The van der Waals surface area contributed by atoms with Crippen molar-refractivity contribution in [2.24, 2.45) is 5.73 Å². The fourth-order valence-corrected chi connectivity index (χ4v) is 1.68. The monoisotopic (exact) mass is 237 g/mol. The highest BCUT2D eigenvalue weighted by atomic mass is 16.2. The molecule has 1 aliphatic heterocycles. The summed E-state index contributed by atoms with van der Waals surface area (Å²) in [5.74, 6) is 0.00218. The first-order valence-electron chi connectivity index (χ1n) is 5.54. The Balaban J connectivity index is 1.95. The van der Waals surface area contributed by atoms with Crippen LogP contribution >= 0.6 is 0 Å². The molecule has 17 heavy (non-hydrogen) atoms. The molecule has 7 heteroatoms. The second-order valence-electron chi connectivity index (χ2n) is 3.90. The molecule has 0 aromatic carbocycles. The minimum atomic E-state index is -0.434. The van der Waals surface area contributed by atoms with Gasteiger partial charge in [-0.15, -0.1) is 0 Å². The van der Waals surface area contributed by atoms with Gasteiger partial charge in [0.05, 0.1) is 0 Å². The Morgan fingerprint density at radius 3 is 3.12 bits per heavy atom. The van der Waals surface area contributed by atoms with E-state index < -0.39 is 5.91 Å². The van der Waals surface area contributed by atoms with Crippen molar-refractivity contribution in [2.75, 3.05) is 18.4 Å². The van der Waals surface area contributed by atoms with Crippen molar-refractivity contribution in [2.45, 2.75) is 19.4 Å². The van der Waals surface area contributed by atoms with Crippen molar-refractivity contribution in [1.29, 1.82) is 0 Å². The number of aryl methyl sites for hydroxylation is 1. The van der Waals surface area contributed by atoms with E-state index in [1.165, 1.54) is 0 Å². The topological polar surface area (TPSA) is 102 Å². The van der Waals surface area contributed by atoms with Crippen LogP contribution in [0.3, 0.4) is 0 Å². The average molecular weight is 237 g/mol. The van der Waals surface area contributed by atoms with Gasteiger partial charge in [0.1, 0.15) is 5.69 Å². The normalized spacial score (nSPS) is 13.6. The zero-order valence-electron chi connectivity index (χ0n) is 9.40. The zero-order valence-corrected chi connectivity index (χ0v) is 9.40. The number of anilines is 1. The molecule has 2 amide bonds. The van der Waals surface area contributed by atoms with E-state index in [2.05, 4.69) is 15.6 Å². The fraction of sp³-hybridized carbons (Fsp3) is 0.500.